The van der Waals surface area contributed by atoms with Crippen LogP contribution < -0.4 is 5.32 Å². The Labute approximate surface area is 105 Å². The number of nitrogens with zero attached hydrogens (tertiary/aromatic N) is 2. The Balaban J connectivity index is 1.72. The Morgan fingerprint density at radius 2 is 2.06 bits per heavy atom. The van der Waals surface area contributed by atoms with Gasteiger partial charge in [0.2, 0.25) is 0 Å². The molecule has 0 saturated carbocycles. The highest BCUT2D eigenvalue weighted by molar-refractivity contribution is 4.77. The number of morpholine rings is 1. The highest BCUT2D eigenvalue weighted by Crippen LogP contribution is 2.11. The normalized spacial score (nSPS) is 33.5. The summed E-state index contributed by atoms with van der Waals surface area (Å²) in [5.41, 5.74) is 0. The molecular formula is C13H27N3O. The van der Waals surface area contributed by atoms with Crippen LogP contribution in [0.2, 0.25) is 0 Å². The van der Waals surface area contributed by atoms with E-state index in [1.807, 2.05) is 0 Å². The van der Waals surface area contributed by atoms with E-state index in [1.165, 1.54) is 39.1 Å². The van der Waals surface area contributed by atoms with Crippen LogP contribution in [0.4, 0.5) is 0 Å². The molecule has 2 aliphatic rings. The fourth-order valence-electron chi connectivity index (χ4n) is 2.68. The summed E-state index contributed by atoms with van der Waals surface area (Å²) in [6.45, 7) is 13.6. The third kappa shape index (κ3) is 4.21. The maximum atomic E-state index is 5.67. The van der Waals surface area contributed by atoms with Gasteiger partial charge in [0, 0.05) is 38.8 Å². The molecule has 2 fully saturated rings. The van der Waals surface area contributed by atoms with E-state index in [0.717, 1.165) is 19.7 Å². The van der Waals surface area contributed by atoms with E-state index in [9.17, 15) is 0 Å². The second-order valence-electron chi connectivity index (χ2n) is 5.43. The second-order valence-corrected chi connectivity index (χ2v) is 5.43. The maximum Gasteiger partial charge on any atom is 0.0674 e. The van der Waals surface area contributed by atoms with Crippen molar-refractivity contribution in [2.24, 2.45) is 0 Å². The van der Waals surface area contributed by atoms with Crippen molar-refractivity contribution in [3.05, 3.63) is 0 Å². The van der Waals surface area contributed by atoms with Gasteiger partial charge in [-0.25, -0.2) is 0 Å². The maximum absolute atomic E-state index is 5.67. The van der Waals surface area contributed by atoms with E-state index in [1.54, 1.807) is 0 Å². The van der Waals surface area contributed by atoms with Gasteiger partial charge < -0.3 is 15.0 Å². The van der Waals surface area contributed by atoms with Gasteiger partial charge in [-0.2, -0.15) is 0 Å². The van der Waals surface area contributed by atoms with Crippen molar-refractivity contribution in [2.45, 2.75) is 32.4 Å². The van der Waals surface area contributed by atoms with Gasteiger partial charge in [0.25, 0.3) is 0 Å². The Hall–Kier alpha value is -0.160. The number of hydrogen-bond acceptors (Lipinski definition) is 4. The Morgan fingerprint density at radius 1 is 1.18 bits per heavy atom. The van der Waals surface area contributed by atoms with Crippen LogP contribution in [0.3, 0.4) is 0 Å². The lowest BCUT2D eigenvalue weighted by atomic mass is 10.2. The molecule has 4 heteroatoms. The minimum absolute atomic E-state index is 0.400. The molecule has 2 aliphatic heterocycles. The lowest BCUT2D eigenvalue weighted by Gasteiger charge is -2.37. The lowest BCUT2D eigenvalue weighted by molar-refractivity contribution is -0.0512. The molecule has 1 N–H and O–H groups in total. The monoisotopic (exact) mass is 241 g/mol. The van der Waals surface area contributed by atoms with E-state index in [2.05, 4.69) is 29.0 Å². The first-order valence-corrected chi connectivity index (χ1v) is 7.04. The summed E-state index contributed by atoms with van der Waals surface area (Å²) in [5.74, 6) is 0. The fraction of sp³-hybridized carbons (Fsp3) is 1.00. The first kappa shape index (κ1) is 13.3. The number of rotatable bonds is 3. The van der Waals surface area contributed by atoms with Crippen LogP contribution in [0.25, 0.3) is 0 Å². The zero-order chi connectivity index (χ0) is 12.1. The van der Waals surface area contributed by atoms with Crippen LogP contribution in [0.1, 0.15) is 20.3 Å². The Bertz CT molecular complexity index is 217. The van der Waals surface area contributed by atoms with Crippen LogP contribution in [0.5, 0.6) is 0 Å². The topological polar surface area (TPSA) is 27.7 Å². The molecule has 4 nitrogen and oxygen atoms in total. The summed E-state index contributed by atoms with van der Waals surface area (Å²) < 4.78 is 5.67. The Morgan fingerprint density at radius 3 is 2.94 bits per heavy atom. The highest BCUT2D eigenvalue weighted by atomic mass is 16.5. The fourth-order valence-corrected chi connectivity index (χ4v) is 2.68. The molecule has 17 heavy (non-hydrogen) atoms. The molecule has 2 unspecified atom stereocenters. The summed E-state index contributed by atoms with van der Waals surface area (Å²) in [5, 5.41) is 3.46. The zero-order valence-corrected chi connectivity index (χ0v) is 11.3. The summed E-state index contributed by atoms with van der Waals surface area (Å²) in [6.07, 6.45) is 1.69. The smallest absolute Gasteiger partial charge is 0.0674 e. The molecule has 0 aliphatic carbocycles. The highest BCUT2D eigenvalue weighted by Gasteiger charge is 2.23. The lowest BCUT2D eigenvalue weighted by Crippen LogP contribution is -2.50. The molecule has 2 heterocycles. The van der Waals surface area contributed by atoms with Crippen molar-refractivity contribution in [2.75, 3.05) is 52.4 Å². The number of ether oxygens (including phenoxy) is 1. The van der Waals surface area contributed by atoms with Crippen molar-refractivity contribution >= 4 is 0 Å². The molecule has 0 aromatic carbocycles. The van der Waals surface area contributed by atoms with Gasteiger partial charge in [-0.15, -0.1) is 0 Å². The van der Waals surface area contributed by atoms with E-state index in [-0.39, 0.29) is 0 Å². The van der Waals surface area contributed by atoms with Gasteiger partial charge >= 0.3 is 0 Å². The Kier molecular flexibility index (Phi) is 5.22. The second kappa shape index (κ2) is 6.69. The third-order valence-corrected chi connectivity index (χ3v) is 3.87. The van der Waals surface area contributed by atoms with E-state index in [4.69, 9.17) is 4.74 Å². The average molecular weight is 241 g/mol. The molecule has 0 aromatic heterocycles. The predicted molar refractivity (Wildman–Crippen MR) is 70.4 cm³/mol. The minimum Gasteiger partial charge on any atom is -0.376 e. The first-order valence-electron chi connectivity index (χ1n) is 7.04. The van der Waals surface area contributed by atoms with Gasteiger partial charge in [-0.1, -0.05) is 0 Å². The van der Waals surface area contributed by atoms with E-state index < -0.39 is 0 Å². The quantitative estimate of drug-likeness (QED) is 0.774. The number of hydrogen-bond donors (Lipinski definition) is 1. The molecule has 0 radical (unpaired) electrons. The van der Waals surface area contributed by atoms with Crippen LogP contribution >= 0.6 is 0 Å². The van der Waals surface area contributed by atoms with Crippen molar-refractivity contribution in [3.63, 3.8) is 0 Å². The number of nitrogens with one attached hydrogen (secondary N) is 1. The van der Waals surface area contributed by atoms with Crippen molar-refractivity contribution in [1.82, 2.24) is 15.1 Å². The predicted octanol–water partition coefficient (Wildman–Crippen LogP) is 0.391. The average Bonchev–Trinajstić information content (AvgIpc) is 2.59. The van der Waals surface area contributed by atoms with E-state index >= 15 is 0 Å². The summed E-state index contributed by atoms with van der Waals surface area (Å²) in [4.78, 5) is 5.17. The molecule has 0 spiro atoms. The molecular weight excluding hydrogens is 214 g/mol. The standard InChI is InChI=1S/C13H27N3O/c1-12-11-17-13(2)10-16(12)9-8-15-6-3-4-14-5-7-15/h12-14H,3-11H2,1-2H3. The summed E-state index contributed by atoms with van der Waals surface area (Å²) >= 11 is 0. The van der Waals surface area contributed by atoms with Gasteiger partial charge in [-0.05, 0) is 33.4 Å². The van der Waals surface area contributed by atoms with Crippen LogP contribution in [0, 0.1) is 0 Å². The van der Waals surface area contributed by atoms with Crippen LogP contribution in [0.15, 0.2) is 0 Å². The largest absolute Gasteiger partial charge is 0.376 e. The molecule has 2 atom stereocenters. The molecule has 0 amide bonds. The zero-order valence-electron chi connectivity index (χ0n) is 11.3. The van der Waals surface area contributed by atoms with Gasteiger partial charge in [0.15, 0.2) is 0 Å². The molecule has 2 rings (SSSR count). The summed E-state index contributed by atoms with van der Waals surface area (Å²) in [7, 11) is 0. The van der Waals surface area contributed by atoms with Gasteiger partial charge in [0.1, 0.15) is 0 Å². The van der Waals surface area contributed by atoms with Gasteiger partial charge in [-0.3, -0.25) is 4.90 Å². The van der Waals surface area contributed by atoms with Crippen LogP contribution in [-0.2, 0) is 4.74 Å². The van der Waals surface area contributed by atoms with Crippen LogP contribution in [-0.4, -0.2) is 74.4 Å². The van der Waals surface area contributed by atoms with Crippen molar-refractivity contribution in [3.8, 4) is 0 Å². The molecule has 100 valence electrons. The van der Waals surface area contributed by atoms with Crippen molar-refractivity contribution in [1.29, 1.82) is 0 Å². The molecule has 0 aromatic rings. The summed E-state index contributed by atoms with van der Waals surface area (Å²) in [6, 6.07) is 0.580. The van der Waals surface area contributed by atoms with Crippen molar-refractivity contribution < 1.29 is 4.74 Å². The molecule has 2 saturated heterocycles. The molecule has 0 bridgehead atoms. The minimum atomic E-state index is 0.400. The van der Waals surface area contributed by atoms with Gasteiger partial charge in [0.05, 0.1) is 12.7 Å². The third-order valence-electron chi connectivity index (χ3n) is 3.87. The first-order chi connectivity index (χ1) is 8.25. The van der Waals surface area contributed by atoms with E-state index in [0.29, 0.717) is 12.1 Å². The SMILES string of the molecule is CC1CN(CCN2CCCNCC2)C(C)CO1.